The van der Waals surface area contributed by atoms with Crippen molar-refractivity contribution in [1.29, 1.82) is 0 Å². The van der Waals surface area contributed by atoms with Gasteiger partial charge in [-0.3, -0.25) is 0 Å². The normalized spacial score (nSPS) is 19.6. The fraction of sp³-hybridized carbons (Fsp3) is 0.571. The zero-order chi connectivity index (χ0) is 12.8. The molecule has 1 aromatic carbocycles. The van der Waals surface area contributed by atoms with Crippen molar-refractivity contribution in [3.05, 3.63) is 23.8 Å². The molecule has 0 aromatic heterocycles. The highest BCUT2D eigenvalue weighted by Gasteiger charge is 2.17. The Bertz CT molecular complexity index is 375. The second-order valence-corrected chi connectivity index (χ2v) is 5.57. The second-order valence-electron chi connectivity index (χ2n) is 4.42. The molecule has 0 amide bonds. The first kappa shape index (κ1) is 13.6. The van der Waals surface area contributed by atoms with Crippen LogP contribution in [0.25, 0.3) is 0 Å². The van der Waals surface area contributed by atoms with Crippen LogP contribution in [-0.4, -0.2) is 36.4 Å². The van der Waals surface area contributed by atoms with E-state index in [-0.39, 0.29) is 6.61 Å². The van der Waals surface area contributed by atoms with Gasteiger partial charge in [0.05, 0.1) is 7.11 Å². The minimum absolute atomic E-state index is 0.155. The maximum absolute atomic E-state index is 8.94. The van der Waals surface area contributed by atoms with Gasteiger partial charge in [-0.05, 0) is 42.7 Å². The minimum atomic E-state index is 0.155. The molecule has 18 heavy (non-hydrogen) atoms. The Morgan fingerprint density at radius 3 is 2.94 bits per heavy atom. The van der Waals surface area contributed by atoms with Crippen LogP contribution in [0.3, 0.4) is 0 Å². The molecule has 0 aliphatic carbocycles. The molecule has 1 saturated heterocycles. The van der Waals surface area contributed by atoms with Gasteiger partial charge in [0, 0.05) is 12.4 Å². The average molecular weight is 268 g/mol. The number of benzene rings is 1. The molecule has 0 bridgehead atoms. The third-order valence-corrected chi connectivity index (χ3v) is 4.23. The lowest BCUT2D eigenvalue weighted by molar-refractivity contribution is 0.202. The zero-order valence-electron chi connectivity index (χ0n) is 10.7. The first-order valence-corrected chi connectivity index (χ1v) is 7.51. The number of hydrogen-bond acceptors (Lipinski definition) is 4. The first-order valence-electron chi connectivity index (χ1n) is 6.35. The topological polar surface area (TPSA) is 38.7 Å². The highest BCUT2D eigenvalue weighted by Crippen LogP contribution is 2.31. The van der Waals surface area contributed by atoms with E-state index in [4.69, 9.17) is 14.6 Å². The standard InChI is InChI=1S/C14H20O3S/c1-16-14-9-11(6-7-15)4-5-13(14)17-12-3-2-8-18-10-12/h4-5,9,12,15H,2-3,6-8,10H2,1H3. The maximum Gasteiger partial charge on any atom is 0.161 e. The summed E-state index contributed by atoms with van der Waals surface area (Å²) in [7, 11) is 1.65. The summed E-state index contributed by atoms with van der Waals surface area (Å²) in [5.74, 6) is 3.87. The van der Waals surface area contributed by atoms with Crippen molar-refractivity contribution >= 4 is 11.8 Å². The van der Waals surface area contributed by atoms with Crippen LogP contribution in [-0.2, 0) is 6.42 Å². The highest BCUT2D eigenvalue weighted by atomic mass is 32.2. The fourth-order valence-electron chi connectivity index (χ4n) is 2.08. The average Bonchev–Trinajstić information content (AvgIpc) is 2.42. The first-order chi connectivity index (χ1) is 8.83. The monoisotopic (exact) mass is 268 g/mol. The summed E-state index contributed by atoms with van der Waals surface area (Å²) < 4.78 is 11.4. The van der Waals surface area contributed by atoms with Crippen LogP contribution < -0.4 is 9.47 Å². The van der Waals surface area contributed by atoms with Gasteiger partial charge in [0.25, 0.3) is 0 Å². The molecule has 1 fully saturated rings. The van der Waals surface area contributed by atoms with Gasteiger partial charge in [0.1, 0.15) is 6.10 Å². The Kier molecular flexibility index (Phi) is 5.20. The van der Waals surface area contributed by atoms with Crippen LogP contribution in [0.4, 0.5) is 0 Å². The SMILES string of the molecule is COc1cc(CCO)ccc1OC1CCCSC1. The third kappa shape index (κ3) is 3.56. The Morgan fingerprint density at radius 2 is 2.28 bits per heavy atom. The van der Waals surface area contributed by atoms with Crippen molar-refractivity contribution in [2.24, 2.45) is 0 Å². The summed E-state index contributed by atoms with van der Waals surface area (Å²) >= 11 is 1.95. The van der Waals surface area contributed by atoms with E-state index in [9.17, 15) is 0 Å². The molecular formula is C14H20O3S. The largest absolute Gasteiger partial charge is 0.493 e. The Morgan fingerprint density at radius 1 is 1.39 bits per heavy atom. The van der Waals surface area contributed by atoms with E-state index in [1.807, 2.05) is 30.0 Å². The van der Waals surface area contributed by atoms with Gasteiger partial charge < -0.3 is 14.6 Å². The van der Waals surface area contributed by atoms with E-state index in [2.05, 4.69) is 0 Å². The minimum Gasteiger partial charge on any atom is -0.493 e. The molecule has 100 valence electrons. The molecule has 1 aliphatic heterocycles. The molecule has 0 radical (unpaired) electrons. The number of aliphatic hydroxyl groups excluding tert-OH is 1. The summed E-state index contributed by atoms with van der Waals surface area (Å²) in [4.78, 5) is 0. The lowest BCUT2D eigenvalue weighted by atomic mass is 10.1. The van der Waals surface area contributed by atoms with Crippen LogP contribution >= 0.6 is 11.8 Å². The number of thioether (sulfide) groups is 1. The van der Waals surface area contributed by atoms with Crippen molar-refractivity contribution in [3.63, 3.8) is 0 Å². The van der Waals surface area contributed by atoms with Crippen molar-refractivity contribution in [2.75, 3.05) is 25.2 Å². The zero-order valence-corrected chi connectivity index (χ0v) is 11.5. The molecule has 1 aromatic rings. The summed E-state index contributed by atoms with van der Waals surface area (Å²) in [6.07, 6.45) is 3.28. The van der Waals surface area contributed by atoms with E-state index < -0.39 is 0 Å². The van der Waals surface area contributed by atoms with Gasteiger partial charge in [-0.25, -0.2) is 0 Å². The summed E-state index contributed by atoms with van der Waals surface area (Å²) in [5, 5.41) is 8.94. The summed E-state index contributed by atoms with van der Waals surface area (Å²) in [5.41, 5.74) is 1.07. The molecule has 1 N–H and O–H groups in total. The van der Waals surface area contributed by atoms with E-state index in [1.165, 1.54) is 12.2 Å². The lowest BCUT2D eigenvalue weighted by Gasteiger charge is -2.23. The van der Waals surface area contributed by atoms with Gasteiger partial charge in [-0.2, -0.15) is 11.8 Å². The third-order valence-electron chi connectivity index (χ3n) is 3.04. The number of ether oxygens (including phenoxy) is 2. The Balaban J connectivity index is 2.06. The molecule has 1 atom stereocenters. The number of hydrogen-bond donors (Lipinski definition) is 1. The fourth-order valence-corrected chi connectivity index (χ4v) is 3.11. The van der Waals surface area contributed by atoms with Gasteiger partial charge in [0.2, 0.25) is 0 Å². The highest BCUT2D eigenvalue weighted by molar-refractivity contribution is 7.99. The van der Waals surface area contributed by atoms with Crippen molar-refractivity contribution in [2.45, 2.75) is 25.4 Å². The molecule has 0 saturated carbocycles. The van der Waals surface area contributed by atoms with Gasteiger partial charge in [-0.1, -0.05) is 6.07 Å². The van der Waals surface area contributed by atoms with Gasteiger partial charge in [0.15, 0.2) is 11.5 Å². The van der Waals surface area contributed by atoms with E-state index >= 15 is 0 Å². The molecule has 3 nitrogen and oxygen atoms in total. The lowest BCUT2D eigenvalue weighted by Crippen LogP contribution is -2.23. The molecule has 1 aliphatic rings. The van der Waals surface area contributed by atoms with Crippen LogP contribution in [0, 0.1) is 0 Å². The van der Waals surface area contributed by atoms with E-state index in [1.54, 1.807) is 7.11 Å². The second kappa shape index (κ2) is 6.90. The number of rotatable bonds is 5. The quantitative estimate of drug-likeness (QED) is 0.890. The predicted molar refractivity (Wildman–Crippen MR) is 74.8 cm³/mol. The summed E-state index contributed by atoms with van der Waals surface area (Å²) in [6, 6.07) is 5.88. The van der Waals surface area contributed by atoms with E-state index in [0.717, 1.165) is 29.2 Å². The molecular weight excluding hydrogens is 248 g/mol. The van der Waals surface area contributed by atoms with Crippen LogP contribution in [0.15, 0.2) is 18.2 Å². The number of methoxy groups -OCH3 is 1. The van der Waals surface area contributed by atoms with Crippen LogP contribution in [0.2, 0.25) is 0 Å². The van der Waals surface area contributed by atoms with Crippen LogP contribution in [0.5, 0.6) is 11.5 Å². The van der Waals surface area contributed by atoms with Crippen molar-refractivity contribution in [1.82, 2.24) is 0 Å². The smallest absolute Gasteiger partial charge is 0.161 e. The van der Waals surface area contributed by atoms with E-state index in [0.29, 0.717) is 12.5 Å². The van der Waals surface area contributed by atoms with Crippen LogP contribution in [0.1, 0.15) is 18.4 Å². The maximum atomic E-state index is 8.94. The van der Waals surface area contributed by atoms with Crippen molar-refractivity contribution < 1.29 is 14.6 Å². The Labute approximate surface area is 112 Å². The van der Waals surface area contributed by atoms with Crippen molar-refractivity contribution in [3.8, 4) is 11.5 Å². The number of aliphatic hydroxyl groups is 1. The molecule has 1 unspecified atom stereocenters. The molecule has 0 spiro atoms. The summed E-state index contributed by atoms with van der Waals surface area (Å²) in [6.45, 7) is 0.155. The predicted octanol–water partition coefficient (Wildman–Crippen LogP) is 2.50. The molecule has 1 heterocycles. The van der Waals surface area contributed by atoms with Gasteiger partial charge in [-0.15, -0.1) is 0 Å². The molecule has 4 heteroatoms. The molecule has 2 rings (SSSR count). The van der Waals surface area contributed by atoms with Gasteiger partial charge >= 0.3 is 0 Å². The Hall–Kier alpha value is -0.870.